The van der Waals surface area contributed by atoms with Gasteiger partial charge in [-0.25, -0.2) is 0 Å². The van der Waals surface area contributed by atoms with E-state index in [0.29, 0.717) is 4.90 Å². The summed E-state index contributed by atoms with van der Waals surface area (Å²) in [6.45, 7) is 0.0225. The van der Waals surface area contributed by atoms with Crippen molar-refractivity contribution in [3.63, 3.8) is 0 Å². The molecule has 1 unspecified atom stereocenters. The van der Waals surface area contributed by atoms with Crippen LogP contribution in [0.25, 0.3) is 0 Å². The fourth-order valence-electron chi connectivity index (χ4n) is 0.913. The van der Waals surface area contributed by atoms with Gasteiger partial charge in [-0.2, -0.15) is 0 Å². The number of hydrogen-bond donors (Lipinski definition) is 0. The summed E-state index contributed by atoms with van der Waals surface area (Å²) in [6, 6.07) is 7.27. The number of benzene rings is 1. The molecule has 0 saturated heterocycles. The van der Waals surface area contributed by atoms with Gasteiger partial charge in [-0.15, -0.1) is 0 Å². The molecule has 0 aromatic heterocycles. The van der Waals surface area contributed by atoms with Crippen LogP contribution in [0.2, 0.25) is 0 Å². The van der Waals surface area contributed by atoms with E-state index in [-0.39, 0.29) is 6.61 Å². The van der Waals surface area contributed by atoms with E-state index in [4.69, 9.17) is 0 Å². The quantitative estimate of drug-likeness (QED) is 0.747. The Morgan fingerprint density at radius 2 is 2.00 bits per heavy atom. The van der Waals surface area contributed by atoms with Gasteiger partial charge in [-0.3, -0.25) is 4.57 Å². The lowest BCUT2D eigenvalue weighted by molar-refractivity contribution is -0.189. The van der Waals surface area contributed by atoms with Gasteiger partial charge >= 0.3 is 0 Å². The highest BCUT2D eigenvalue weighted by molar-refractivity contribution is 8.54. The van der Waals surface area contributed by atoms with Gasteiger partial charge < -0.3 is 9.42 Å². The minimum Gasteiger partial charge on any atom is -0.770 e. The van der Waals surface area contributed by atoms with Gasteiger partial charge in [-0.1, -0.05) is 17.7 Å². The van der Waals surface area contributed by atoms with Crippen molar-refractivity contribution in [3.05, 3.63) is 29.8 Å². The molecule has 0 fully saturated rings. The maximum Gasteiger partial charge on any atom is 0.196 e. The first-order valence-corrected chi connectivity index (χ1v) is 7.22. The van der Waals surface area contributed by atoms with Gasteiger partial charge in [0.25, 0.3) is 0 Å². The largest absolute Gasteiger partial charge is 0.770 e. The first-order chi connectivity index (χ1) is 6.53. The van der Waals surface area contributed by atoms with E-state index in [1.54, 1.807) is 19.1 Å². The van der Waals surface area contributed by atoms with Crippen molar-refractivity contribution in [1.82, 2.24) is 0 Å². The standard InChI is InChI=1S/C9H13O3PS/c1-3-12-13(10,11)14-9-6-4-8(2)5-7-9/h4-7H,3H2,1-2H3,(H,10,11)/p-1. The van der Waals surface area contributed by atoms with Crippen LogP contribution in [0.4, 0.5) is 0 Å². The number of aryl methyl sites for hydroxylation is 1. The predicted molar refractivity (Wildman–Crippen MR) is 56.3 cm³/mol. The highest BCUT2D eigenvalue weighted by Gasteiger charge is 2.09. The summed E-state index contributed by atoms with van der Waals surface area (Å²) >= 11 is 0.757. The molecular formula is C9H12O3PS-. The molecule has 0 spiro atoms. The van der Waals surface area contributed by atoms with Crippen molar-refractivity contribution in [2.75, 3.05) is 6.61 Å². The Kier molecular flexibility index (Phi) is 4.20. The molecule has 0 radical (unpaired) electrons. The first-order valence-electron chi connectivity index (χ1n) is 4.25. The highest BCUT2D eigenvalue weighted by Crippen LogP contribution is 2.55. The molecule has 0 aliphatic heterocycles. The van der Waals surface area contributed by atoms with Crippen molar-refractivity contribution in [2.24, 2.45) is 0 Å². The summed E-state index contributed by atoms with van der Waals surface area (Å²) < 4.78 is 15.9. The Balaban J connectivity index is 2.69. The molecule has 0 bridgehead atoms. The Hall–Kier alpha value is -0.280. The van der Waals surface area contributed by atoms with E-state index in [2.05, 4.69) is 4.52 Å². The van der Waals surface area contributed by atoms with E-state index in [0.717, 1.165) is 16.9 Å². The zero-order valence-electron chi connectivity index (χ0n) is 8.10. The van der Waals surface area contributed by atoms with Gasteiger partial charge in [0.2, 0.25) is 0 Å². The third-order valence-electron chi connectivity index (χ3n) is 1.53. The zero-order valence-corrected chi connectivity index (χ0v) is 9.81. The van der Waals surface area contributed by atoms with Gasteiger partial charge in [0.15, 0.2) is 6.80 Å². The molecule has 1 aromatic rings. The highest BCUT2D eigenvalue weighted by atomic mass is 32.7. The monoisotopic (exact) mass is 231 g/mol. The van der Waals surface area contributed by atoms with E-state index in [1.807, 2.05) is 19.1 Å². The van der Waals surface area contributed by atoms with Crippen LogP contribution in [0, 0.1) is 6.92 Å². The summed E-state index contributed by atoms with van der Waals surface area (Å²) in [5.74, 6) is 0. The van der Waals surface area contributed by atoms with Crippen molar-refractivity contribution < 1.29 is 14.0 Å². The second-order valence-corrected chi connectivity index (χ2v) is 6.47. The van der Waals surface area contributed by atoms with Crippen LogP contribution in [-0.4, -0.2) is 6.61 Å². The molecule has 5 heteroatoms. The van der Waals surface area contributed by atoms with E-state index < -0.39 is 6.80 Å². The van der Waals surface area contributed by atoms with Gasteiger partial charge in [-0.05, 0) is 37.4 Å². The fourth-order valence-corrected chi connectivity index (χ4v) is 3.41. The van der Waals surface area contributed by atoms with Crippen LogP contribution in [0.1, 0.15) is 12.5 Å². The lowest BCUT2D eigenvalue weighted by Gasteiger charge is -2.20. The molecule has 14 heavy (non-hydrogen) atoms. The first kappa shape index (κ1) is 11.8. The smallest absolute Gasteiger partial charge is 0.196 e. The molecule has 1 aromatic carbocycles. The number of rotatable bonds is 4. The summed E-state index contributed by atoms with van der Waals surface area (Å²) in [6.07, 6.45) is 0. The molecule has 0 N–H and O–H groups in total. The van der Waals surface area contributed by atoms with Crippen molar-refractivity contribution in [1.29, 1.82) is 0 Å². The number of hydrogen-bond acceptors (Lipinski definition) is 4. The van der Waals surface area contributed by atoms with Gasteiger partial charge in [0.1, 0.15) is 0 Å². The summed E-state index contributed by atoms with van der Waals surface area (Å²) in [5.41, 5.74) is 1.10. The molecule has 78 valence electrons. The minimum absolute atomic E-state index is 0.180. The maximum atomic E-state index is 11.3. The van der Waals surface area contributed by atoms with Crippen molar-refractivity contribution in [2.45, 2.75) is 18.7 Å². The predicted octanol–water partition coefficient (Wildman–Crippen LogP) is 2.59. The summed E-state index contributed by atoms with van der Waals surface area (Å²) in [7, 11) is 0. The fraction of sp³-hybridized carbons (Fsp3) is 0.333. The average Bonchev–Trinajstić information content (AvgIpc) is 2.08. The van der Waals surface area contributed by atoms with Crippen LogP contribution in [0.3, 0.4) is 0 Å². The van der Waals surface area contributed by atoms with E-state index in [9.17, 15) is 9.46 Å². The van der Waals surface area contributed by atoms with Gasteiger partial charge in [0.05, 0.1) is 6.61 Å². The third-order valence-corrected chi connectivity index (χ3v) is 4.43. The minimum atomic E-state index is -3.76. The van der Waals surface area contributed by atoms with E-state index in [1.165, 1.54) is 0 Å². The Morgan fingerprint density at radius 1 is 1.43 bits per heavy atom. The lowest BCUT2D eigenvalue weighted by Crippen LogP contribution is -2.00. The Morgan fingerprint density at radius 3 is 2.50 bits per heavy atom. The van der Waals surface area contributed by atoms with Crippen LogP contribution < -0.4 is 4.89 Å². The molecule has 1 atom stereocenters. The summed E-state index contributed by atoms with van der Waals surface area (Å²) in [4.78, 5) is 11.9. The van der Waals surface area contributed by atoms with Gasteiger partial charge in [0, 0.05) is 4.90 Å². The van der Waals surface area contributed by atoms with E-state index >= 15 is 0 Å². The Labute approximate surface area is 87.8 Å². The van der Waals surface area contributed by atoms with Crippen LogP contribution >= 0.6 is 18.2 Å². The van der Waals surface area contributed by atoms with Crippen molar-refractivity contribution >= 4 is 18.2 Å². The molecule has 0 amide bonds. The summed E-state index contributed by atoms with van der Waals surface area (Å²) in [5, 5.41) is 0. The average molecular weight is 231 g/mol. The van der Waals surface area contributed by atoms with Crippen LogP contribution in [-0.2, 0) is 9.09 Å². The molecular weight excluding hydrogens is 219 g/mol. The molecule has 0 aliphatic rings. The second-order valence-electron chi connectivity index (χ2n) is 2.77. The van der Waals surface area contributed by atoms with Crippen LogP contribution in [0.15, 0.2) is 29.2 Å². The second kappa shape index (κ2) is 4.99. The Bertz CT molecular complexity index is 336. The lowest BCUT2D eigenvalue weighted by atomic mass is 10.2. The SMILES string of the molecule is CCOP(=O)([O-])Sc1ccc(C)cc1. The van der Waals surface area contributed by atoms with Crippen LogP contribution in [0.5, 0.6) is 0 Å². The topological polar surface area (TPSA) is 49.4 Å². The third kappa shape index (κ3) is 3.84. The molecule has 1 rings (SSSR count). The molecule has 3 nitrogen and oxygen atoms in total. The zero-order chi connectivity index (χ0) is 10.6. The maximum absolute atomic E-state index is 11.3. The molecule has 0 saturated carbocycles. The normalized spacial score (nSPS) is 15.1. The molecule has 0 aliphatic carbocycles. The molecule has 0 heterocycles. The van der Waals surface area contributed by atoms with Crippen molar-refractivity contribution in [3.8, 4) is 0 Å².